The average Bonchev–Trinajstić information content (AvgIpc) is 2.31. The second kappa shape index (κ2) is 8.65. The van der Waals surface area contributed by atoms with Gasteiger partial charge in [-0.2, -0.15) is 13.2 Å². The van der Waals surface area contributed by atoms with Gasteiger partial charge >= 0.3 is 18.2 Å². The molecule has 0 aliphatic heterocycles. The van der Waals surface area contributed by atoms with Gasteiger partial charge in [-0.3, -0.25) is 0 Å². The number of carboxylic acid groups (broad SMARTS) is 1. The zero-order valence-electron chi connectivity index (χ0n) is 11.7. The fourth-order valence-electron chi connectivity index (χ4n) is 1.64. The van der Waals surface area contributed by atoms with Crippen molar-refractivity contribution >= 4 is 12.0 Å². The van der Waals surface area contributed by atoms with E-state index in [1.165, 1.54) is 0 Å². The number of nitrogens with zero attached hydrogens (tertiary/aromatic N) is 1. The lowest BCUT2D eigenvalue weighted by Crippen LogP contribution is -2.50. The van der Waals surface area contributed by atoms with Crippen LogP contribution in [0.4, 0.5) is 18.0 Å². The second-order valence-corrected chi connectivity index (χ2v) is 4.52. The molecule has 0 aliphatic rings. The SMILES string of the molecule is CCCC[C@H](NC(=O)N(CCC)CC(F)(F)F)C(=O)O. The number of aliphatic carboxylic acids is 1. The Hall–Kier alpha value is -1.47. The second-order valence-electron chi connectivity index (χ2n) is 4.52. The maximum Gasteiger partial charge on any atom is 0.406 e. The summed E-state index contributed by atoms with van der Waals surface area (Å²) >= 11 is 0. The average molecular weight is 298 g/mol. The molecule has 2 amide bonds. The molecule has 0 aromatic heterocycles. The van der Waals surface area contributed by atoms with Crippen LogP contribution < -0.4 is 5.32 Å². The van der Waals surface area contributed by atoms with Crippen molar-refractivity contribution in [2.75, 3.05) is 13.1 Å². The number of hydrogen-bond acceptors (Lipinski definition) is 2. The monoisotopic (exact) mass is 298 g/mol. The summed E-state index contributed by atoms with van der Waals surface area (Å²) < 4.78 is 37.1. The third-order valence-electron chi connectivity index (χ3n) is 2.59. The zero-order chi connectivity index (χ0) is 15.8. The van der Waals surface area contributed by atoms with E-state index in [0.29, 0.717) is 17.7 Å². The third kappa shape index (κ3) is 7.85. The molecule has 2 N–H and O–H groups in total. The smallest absolute Gasteiger partial charge is 0.406 e. The van der Waals surface area contributed by atoms with E-state index < -0.39 is 30.8 Å². The van der Waals surface area contributed by atoms with E-state index in [1.807, 2.05) is 6.92 Å². The Morgan fingerprint density at radius 1 is 1.25 bits per heavy atom. The molecule has 5 nitrogen and oxygen atoms in total. The van der Waals surface area contributed by atoms with Gasteiger partial charge in [0.25, 0.3) is 0 Å². The first-order valence-corrected chi connectivity index (χ1v) is 6.56. The molecule has 0 unspecified atom stereocenters. The van der Waals surface area contributed by atoms with Gasteiger partial charge in [0.1, 0.15) is 12.6 Å². The van der Waals surface area contributed by atoms with Crippen molar-refractivity contribution in [2.45, 2.75) is 51.7 Å². The van der Waals surface area contributed by atoms with Crippen molar-refractivity contribution in [3.8, 4) is 0 Å². The normalized spacial score (nSPS) is 12.8. The van der Waals surface area contributed by atoms with E-state index in [2.05, 4.69) is 5.32 Å². The summed E-state index contributed by atoms with van der Waals surface area (Å²) in [6.07, 6.45) is -2.64. The fraction of sp³-hybridized carbons (Fsp3) is 0.833. The van der Waals surface area contributed by atoms with Crippen molar-refractivity contribution < 1.29 is 27.9 Å². The standard InChI is InChI=1S/C12H21F3N2O3/c1-3-5-6-9(10(18)19)16-11(20)17(7-4-2)8-12(13,14)15/h9H,3-8H2,1-2H3,(H,16,20)(H,18,19)/t9-/m0/s1. The summed E-state index contributed by atoms with van der Waals surface area (Å²) in [5, 5.41) is 11.1. The first-order chi connectivity index (χ1) is 9.21. The van der Waals surface area contributed by atoms with Crippen LogP contribution in [0.25, 0.3) is 0 Å². The minimum Gasteiger partial charge on any atom is -0.480 e. The summed E-state index contributed by atoms with van der Waals surface area (Å²) in [4.78, 5) is 23.3. The lowest BCUT2D eigenvalue weighted by atomic mass is 10.1. The molecule has 20 heavy (non-hydrogen) atoms. The molecule has 8 heteroatoms. The number of nitrogens with one attached hydrogen (secondary N) is 1. The molecule has 0 aliphatic carbocycles. The maximum atomic E-state index is 12.4. The largest absolute Gasteiger partial charge is 0.480 e. The van der Waals surface area contributed by atoms with Crippen LogP contribution in [-0.4, -0.2) is 47.3 Å². The molecule has 0 bridgehead atoms. The number of alkyl halides is 3. The number of hydrogen-bond donors (Lipinski definition) is 2. The Morgan fingerprint density at radius 2 is 1.85 bits per heavy atom. The van der Waals surface area contributed by atoms with E-state index in [0.717, 1.165) is 6.42 Å². The molecule has 0 heterocycles. The van der Waals surface area contributed by atoms with E-state index in [1.54, 1.807) is 6.92 Å². The number of rotatable bonds is 8. The molecule has 118 valence electrons. The molecule has 0 saturated heterocycles. The van der Waals surface area contributed by atoms with Gasteiger partial charge in [-0.05, 0) is 12.8 Å². The van der Waals surface area contributed by atoms with E-state index in [-0.39, 0.29) is 13.0 Å². The topological polar surface area (TPSA) is 69.6 Å². The first-order valence-electron chi connectivity index (χ1n) is 6.56. The molecule has 0 spiro atoms. The van der Waals surface area contributed by atoms with Crippen LogP contribution in [0.15, 0.2) is 0 Å². The molecule has 0 radical (unpaired) electrons. The Bertz CT molecular complexity index is 322. The summed E-state index contributed by atoms with van der Waals surface area (Å²) in [6.45, 7) is 2.04. The molecule has 0 aromatic rings. The van der Waals surface area contributed by atoms with Gasteiger partial charge < -0.3 is 15.3 Å². The summed E-state index contributed by atoms with van der Waals surface area (Å²) in [7, 11) is 0. The van der Waals surface area contributed by atoms with Crippen LogP contribution in [0.2, 0.25) is 0 Å². The lowest BCUT2D eigenvalue weighted by Gasteiger charge is -2.25. The van der Waals surface area contributed by atoms with Crippen LogP contribution in [0.5, 0.6) is 0 Å². The highest BCUT2D eigenvalue weighted by Crippen LogP contribution is 2.17. The van der Waals surface area contributed by atoms with Crippen molar-refractivity contribution in [1.82, 2.24) is 10.2 Å². The quantitative estimate of drug-likeness (QED) is 0.723. The Morgan fingerprint density at radius 3 is 2.25 bits per heavy atom. The van der Waals surface area contributed by atoms with Crippen molar-refractivity contribution in [3.63, 3.8) is 0 Å². The lowest BCUT2D eigenvalue weighted by molar-refractivity contribution is -0.141. The third-order valence-corrected chi connectivity index (χ3v) is 2.59. The summed E-state index contributed by atoms with van der Waals surface area (Å²) in [5.41, 5.74) is 0. The number of carbonyl (C=O) groups excluding carboxylic acids is 1. The van der Waals surface area contributed by atoms with E-state index in [9.17, 15) is 22.8 Å². The van der Waals surface area contributed by atoms with Crippen LogP contribution in [0, 0.1) is 0 Å². The van der Waals surface area contributed by atoms with Gasteiger partial charge in [0, 0.05) is 6.54 Å². The number of halogens is 3. The highest BCUT2D eigenvalue weighted by Gasteiger charge is 2.33. The van der Waals surface area contributed by atoms with Crippen molar-refractivity contribution in [2.24, 2.45) is 0 Å². The van der Waals surface area contributed by atoms with Crippen molar-refractivity contribution in [1.29, 1.82) is 0 Å². The Balaban J connectivity index is 4.66. The van der Waals surface area contributed by atoms with Gasteiger partial charge in [-0.1, -0.05) is 26.7 Å². The van der Waals surface area contributed by atoms with Gasteiger partial charge in [0.2, 0.25) is 0 Å². The highest BCUT2D eigenvalue weighted by atomic mass is 19.4. The molecule has 0 fully saturated rings. The van der Waals surface area contributed by atoms with Crippen LogP contribution >= 0.6 is 0 Å². The van der Waals surface area contributed by atoms with Crippen LogP contribution in [0.1, 0.15) is 39.5 Å². The van der Waals surface area contributed by atoms with E-state index in [4.69, 9.17) is 5.11 Å². The van der Waals surface area contributed by atoms with Crippen LogP contribution in [0.3, 0.4) is 0 Å². The fourth-order valence-corrected chi connectivity index (χ4v) is 1.64. The molecular weight excluding hydrogens is 277 g/mol. The molecule has 0 rings (SSSR count). The molecule has 0 saturated carbocycles. The van der Waals surface area contributed by atoms with Gasteiger partial charge in [-0.25, -0.2) is 9.59 Å². The number of unbranched alkanes of at least 4 members (excludes halogenated alkanes) is 1. The highest BCUT2D eigenvalue weighted by molar-refractivity contribution is 5.82. The summed E-state index contributed by atoms with van der Waals surface area (Å²) in [6, 6.07) is -2.15. The number of carboxylic acids is 1. The van der Waals surface area contributed by atoms with Crippen LogP contribution in [-0.2, 0) is 4.79 Å². The maximum absolute atomic E-state index is 12.4. The zero-order valence-corrected chi connectivity index (χ0v) is 11.7. The number of urea groups is 1. The van der Waals surface area contributed by atoms with E-state index >= 15 is 0 Å². The van der Waals surface area contributed by atoms with Gasteiger partial charge in [0.05, 0.1) is 0 Å². The minimum absolute atomic E-state index is 0.0779. The first kappa shape index (κ1) is 18.5. The predicted molar refractivity (Wildman–Crippen MR) is 67.4 cm³/mol. The van der Waals surface area contributed by atoms with Gasteiger partial charge in [0.15, 0.2) is 0 Å². The molecule has 1 atom stereocenters. The molecule has 0 aromatic carbocycles. The van der Waals surface area contributed by atoms with Gasteiger partial charge in [-0.15, -0.1) is 0 Å². The Kier molecular flexibility index (Phi) is 8.02. The molecular formula is C12H21F3N2O3. The number of carbonyl (C=O) groups is 2. The predicted octanol–water partition coefficient (Wildman–Crippen LogP) is 2.61. The minimum atomic E-state index is -4.51. The Labute approximate surface area is 116 Å². The van der Waals surface area contributed by atoms with Crippen molar-refractivity contribution in [3.05, 3.63) is 0 Å². The number of amides is 2. The summed E-state index contributed by atoms with van der Waals surface area (Å²) in [5.74, 6) is -1.24.